The van der Waals surface area contributed by atoms with Crippen molar-refractivity contribution < 1.29 is 17.6 Å². The summed E-state index contributed by atoms with van der Waals surface area (Å²) in [7, 11) is -3.94. The van der Waals surface area contributed by atoms with Crippen molar-refractivity contribution >= 4 is 43.0 Å². The van der Waals surface area contributed by atoms with Gasteiger partial charge >= 0.3 is 0 Å². The first kappa shape index (κ1) is 20.3. The van der Waals surface area contributed by atoms with Crippen LogP contribution in [0.15, 0.2) is 46.7 Å². The molecule has 1 atom stereocenters. The number of rotatable bonds is 5. The number of benzene rings is 2. The highest BCUT2D eigenvalue weighted by atomic mass is 32.2. The van der Waals surface area contributed by atoms with Gasteiger partial charge in [0.15, 0.2) is 0 Å². The van der Waals surface area contributed by atoms with Crippen LogP contribution in [0.5, 0.6) is 0 Å². The van der Waals surface area contributed by atoms with Crippen LogP contribution in [0.25, 0.3) is 10.1 Å². The number of nitrogens with two attached hydrogens (primary N) is 1. The summed E-state index contributed by atoms with van der Waals surface area (Å²) < 4.78 is 41.9. The van der Waals surface area contributed by atoms with Crippen LogP contribution in [-0.2, 0) is 21.4 Å². The van der Waals surface area contributed by atoms with Gasteiger partial charge in [-0.15, -0.1) is 11.3 Å². The summed E-state index contributed by atoms with van der Waals surface area (Å²) in [5, 5.41) is 9.66. The number of nitrogen functional groups attached to an aromatic ring is 1. The smallest absolute Gasteiger partial charge is 0.250 e. The average Bonchev–Trinajstić information content (AvgIpc) is 3.28. The fourth-order valence-corrected chi connectivity index (χ4v) is 6.04. The van der Waals surface area contributed by atoms with Crippen LogP contribution in [-0.4, -0.2) is 31.8 Å². The van der Waals surface area contributed by atoms with Gasteiger partial charge < -0.3 is 10.6 Å². The Hall–Kier alpha value is -3.00. The third-order valence-corrected chi connectivity index (χ3v) is 8.00. The highest BCUT2D eigenvalue weighted by Crippen LogP contribution is 2.30. The Balaban J connectivity index is 1.50. The van der Waals surface area contributed by atoms with Crippen LogP contribution in [0.1, 0.15) is 17.5 Å². The first-order chi connectivity index (χ1) is 14.3. The first-order valence-electron chi connectivity index (χ1n) is 9.05. The van der Waals surface area contributed by atoms with Crippen molar-refractivity contribution in [1.29, 1.82) is 5.26 Å². The van der Waals surface area contributed by atoms with Gasteiger partial charge in [0.05, 0.1) is 11.6 Å². The monoisotopic (exact) mass is 444 g/mol. The maximum atomic E-state index is 13.4. The summed E-state index contributed by atoms with van der Waals surface area (Å²) in [6.07, 6.45) is 0.315. The van der Waals surface area contributed by atoms with Gasteiger partial charge in [0, 0.05) is 23.5 Å². The molecular weight excluding hydrogens is 427 g/mol. The molecule has 1 aromatic heterocycles. The molecule has 1 amide bonds. The summed E-state index contributed by atoms with van der Waals surface area (Å²) in [4.78, 5) is 14.3. The van der Waals surface area contributed by atoms with Gasteiger partial charge in [-0.05, 0) is 53.8 Å². The number of sulfonamides is 1. The molecule has 0 saturated carbocycles. The van der Waals surface area contributed by atoms with Crippen molar-refractivity contribution in [2.75, 3.05) is 12.3 Å². The van der Waals surface area contributed by atoms with E-state index in [9.17, 15) is 17.6 Å². The van der Waals surface area contributed by atoms with E-state index in [1.54, 1.807) is 18.2 Å². The number of hydrogen-bond donors (Lipinski definition) is 2. The van der Waals surface area contributed by atoms with E-state index in [-0.39, 0.29) is 16.7 Å². The molecule has 0 bridgehead atoms. The lowest BCUT2D eigenvalue weighted by Gasteiger charge is -2.18. The van der Waals surface area contributed by atoms with E-state index in [0.29, 0.717) is 39.9 Å². The van der Waals surface area contributed by atoms with Crippen LogP contribution in [0.3, 0.4) is 0 Å². The second-order valence-electron chi connectivity index (χ2n) is 7.00. The summed E-state index contributed by atoms with van der Waals surface area (Å²) in [6.45, 7) is 0.556. The van der Waals surface area contributed by atoms with Gasteiger partial charge in [0.1, 0.15) is 16.1 Å². The van der Waals surface area contributed by atoms with Gasteiger partial charge in [-0.2, -0.15) is 9.98 Å². The number of nitrogens with one attached hydrogen (secondary N) is 1. The number of anilines is 1. The molecule has 10 heteroatoms. The first-order valence-corrected chi connectivity index (χ1v) is 11.4. The molecule has 3 aromatic rings. The Kier molecular flexibility index (Phi) is 5.19. The Morgan fingerprint density at radius 3 is 2.83 bits per heavy atom. The van der Waals surface area contributed by atoms with Crippen molar-refractivity contribution in [3.63, 3.8) is 0 Å². The Labute approximate surface area is 176 Å². The number of carbonyl (C=O) groups is 1. The third-order valence-electron chi connectivity index (χ3n) is 4.95. The Morgan fingerprint density at radius 2 is 2.07 bits per heavy atom. The molecule has 0 spiro atoms. The lowest BCUT2D eigenvalue weighted by Crippen LogP contribution is -2.41. The lowest BCUT2D eigenvalue weighted by atomic mass is 10.1. The van der Waals surface area contributed by atoms with Gasteiger partial charge in [-0.1, -0.05) is 6.07 Å². The van der Waals surface area contributed by atoms with E-state index < -0.39 is 21.9 Å². The summed E-state index contributed by atoms with van der Waals surface area (Å²) in [6, 6.07) is 11.5. The maximum Gasteiger partial charge on any atom is 0.250 e. The van der Waals surface area contributed by atoms with Crippen molar-refractivity contribution in [3.05, 3.63) is 59.4 Å². The predicted molar refractivity (Wildman–Crippen MR) is 111 cm³/mol. The zero-order chi connectivity index (χ0) is 21.5. The zero-order valence-electron chi connectivity index (χ0n) is 15.6. The summed E-state index contributed by atoms with van der Waals surface area (Å²) in [5.41, 5.74) is 7.48. The topological polar surface area (TPSA) is 116 Å². The fourth-order valence-electron chi connectivity index (χ4n) is 3.38. The molecule has 1 fully saturated rings. The van der Waals surface area contributed by atoms with E-state index >= 15 is 0 Å². The molecule has 7 nitrogen and oxygen atoms in total. The standard InChI is InChI=1S/C20H17FN4O3S2/c21-15-3-2-13-8-19(29-18(13)9-15)30(27,28)24-17-5-6-25(20(17)26)11-14-7-12(10-22)1-4-16(14)23/h1-4,7-9,17,24H,5-6,11,23H2/t17-/m0/s1. The number of nitriles is 1. The third kappa shape index (κ3) is 3.87. The van der Waals surface area contributed by atoms with Crippen molar-refractivity contribution in [2.45, 2.75) is 23.2 Å². The van der Waals surface area contributed by atoms with E-state index in [0.717, 1.165) is 11.3 Å². The molecule has 0 radical (unpaired) electrons. The van der Waals surface area contributed by atoms with E-state index in [1.165, 1.54) is 29.2 Å². The van der Waals surface area contributed by atoms with Crippen LogP contribution < -0.4 is 10.5 Å². The second-order valence-corrected chi connectivity index (χ2v) is 10.0. The van der Waals surface area contributed by atoms with E-state index in [4.69, 9.17) is 11.0 Å². The zero-order valence-corrected chi connectivity index (χ0v) is 17.3. The minimum absolute atomic E-state index is 0.0281. The van der Waals surface area contributed by atoms with Gasteiger partial charge in [0.2, 0.25) is 5.91 Å². The number of halogens is 1. The number of nitrogens with zero attached hydrogens (tertiary/aromatic N) is 2. The number of carbonyl (C=O) groups excluding carboxylic acids is 1. The van der Waals surface area contributed by atoms with Gasteiger partial charge in [-0.25, -0.2) is 12.8 Å². The van der Waals surface area contributed by atoms with Crippen molar-refractivity contribution in [1.82, 2.24) is 9.62 Å². The van der Waals surface area contributed by atoms with E-state index in [1.807, 2.05) is 6.07 Å². The molecule has 2 aromatic carbocycles. The SMILES string of the molecule is N#Cc1ccc(N)c(CN2CC[C@H](NS(=O)(=O)c3cc4ccc(F)cc4s3)C2=O)c1. The van der Waals surface area contributed by atoms with Crippen LogP contribution in [0.2, 0.25) is 0 Å². The minimum atomic E-state index is -3.94. The molecule has 30 heavy (non-hydrogen) atoms. The molecule has 2 heterocycles. The minimum Gasteiger partial charge on any atom is -0.398 e. The predicted octanol–water partition coefficient (Wildman–Crippen LogP) is 2.57. The lowest BCUT2D eigenvalue weighted by molar-refractivity contribution is -0.129. The van der Waals surface area contributed by atoms with E-state index in [2.05, 4.69) is 4.72 Å². The quantitative estimate of drug-likeness (QED) is 0.587. The molecule has 3 N–H and O–H groups in total. The maximum absolute atomic E-state index is 13.4. The summed E-state index contributed by atoms with van der Waals surface area (Å²) >= 11 is 0.950. The second kappa shape index (κ2) is 7.68. The number of hydrogen-bond acceptors (Lipinski definition) is 6. The fraction of sp³-hybridized carbons (Fsp3) is 0.200. The normalized spacial score (nSPS) is 16.9. The van der Waals surface area contributed by atoms with Gasteiger partial charge in [-0.3, -0.25) is 4.79 Å². The van der Waals surface area contributed by atoms with Crippen LogP contribution in [0, 0.1) is 17.1 Å². The molecule has 0 unspecified atom stereocenters. The number of thiophene rings is 1. The van der Waals surface area contributed by atoms with Crippen LogP contribution in [0.4, 0.5) is 10.1 Å². The molecule has 0 aliphatic carbocycles. The number of likely N-dealkylation sites (tertiary alicyclic amines) is 1. The molecule has 1 aliphatic rings. The Bertz CT molecular complexity index is 1300. The average molecular weight is 445 g/mol. The largest absolute Gasteiger partial charge is 0.398 e. The number of amides is 1. The van der Waals surface area contributed by atoms with Crippen LogP contribution >= 0.6 is 11.3 Å². The molecule has 1 saturated heterocycles. The molecule has 1 aliphatic heterocycles. The highest BCUT2D eigenvalue weighted by Gasteiger charge is 2.35. The summed E-state index contributed by atoms with van der Waals surface area (Å²) in [5.74, 6) is -0.796. The van der Waals surface area contributed by atoms with Gasteiger partial charge in [0.25, 0.3) is 10.0 Å². The molecule has 154 valence electrons. The van der Waals surface area contributed by atoms with Crippen molar-refractivity contribution in [2.24, 2.45) is 0 Å². The number of fused-ring (bicyclic) bond motifs is 1. The highest BCUT2D eigenvalue weighted by molar-refractivity contribution is 7.91. The molecular formula is C20H17FN4O3S2. The molecule has 4 rings (SSSR count). The van der Waals surface area contributed by atoms with Crippen molar-refractivity contribution in [3.8, 4) is 6.07 Å². The Morgan fingerprint density at radius 1 is 1.27 bits per heavy atom.